The number of amides is 1. The van der Waals surface area contributed by atoms with Crippen LogP contribution in [0.5, 0.6) is 0 Å². The Balaban J connectivity index is 1.63. The molecule has 25 heavy (non-hydrogen) atoms. The van der Waals surface area contributed by atoms with E-state index in [-0.39, 0.29) is 17.9 Å². The van der Waals surface area contributed by atoms with E-state index in [0.717, 1.165) is 35.4 Å². The van der Waals surface area contributed by atoms with E-state index in [9.17, 15) is 13.2 Å². The smallest absolute Gasteiger partial charge is 0.244 e. The van der Waals surface area contributed by atoms with Gasteiger partial charge >= 0.3 is 0 Å². The zero-order valence-corrected chi connectivity index (χ0v) is 16.5. The molecule has 0 bridgehead atoms. The van der Waals surface area contributed by atoms with Gasteiger partial charge in [-0.25, -0.2) is 8.42 Å². The first-order valence-corrected chi connectivity index (χ1v) is 11.2. The average molecular weight is 386 g/mol. The molecule has 0 aromatic carbocycles. The summed E-state index contributed by atoms with van der Waals surface area (Å²) >= 11 is 1.50. The Morgan fingerprint density at radius 1 is 1.20 bits per heavy atom. The maximum absolute atomic E-state index is 12.9. The number of rotatable bonds is 3. The summed E-state index contributed by atoms with van der Waals surface area (Å²) in [6.07, 6.45) is 3.65. The topological polar surface area (TPSA) is 83.7 Å². The minimum Gasteiger partial charge on any atom is -0.340 e. The Morgan fingerprint density at radius 3 is 2.44 bits per heavy atom. The monoisotopic (exact) mass is 385 g/mol. The molecule has 1 aromatic heterocycles. The molecule has 140 valence electrons. The fourth-order valence-corrected chi connectivity index (χ4v) is 6.81. The van der Waals surface area contributed by atoms with Crippen LogP contribution in [0.2, 0.25) is 0 Å². The Bertz CT molecular complexity index is 736. The van der Waals surface area contributed by atoms with Crippen LogP contribution in [0.25, 0.3) is 0 Å². The van der Waals surface area contributed by atoms with E-state index in [0.29, 0.717) is 31.1 Å². The van der Waals surface area contributed by atoms with Crippen molar-refractivity contribution in [2.75, 3.05) is 26.2 Å². The van der Waals surface area contributed by atoms with Crippen LogP contribution in [-0.4, -0.2) is 55.8 Å². The van der Waals surface area contributed by atoms with Gasteiger partial charge in [-0.15, -0.1) is 11.3 Å². The minimum atomic E-state index is -3.47. The summed E-state index contributed by atoms with van der Waals surface area (Å²) in [7, 11) is -3.47. The second kappa shape index (κ2) is 7.34. The highest BCUT2D eigenvalue weighted by Gasteiger charge is 2.34. The molecule has 2 N–H and O–H groups in total. The van der Waals surface area contributed by atoms with Gasteiger partial charge in [0.2, 0.25) is 15.9 Å². The van der Waals surface area contributed by atoms with Crippen LogP contribution in [0, 0.1) is 19.8 Å². The SMILES string of the molecule is Cc1cc(S(=O)(=O)N2CCN(C(=O)C3CCCC(N)C3)CC2)c(C)s1. The van der Waals surface area contributed by atoms with Gasteiger partial charge in [-0.1, -0.05) is 6.42 Å². The predicted octanol–water partition coefficient (Wildman–Crippen LogP) is 1.72. The number of hydrogen-bond donors (Lipinski definition) is 1. The first kappa shape index (κ1) is 18.8. The second-order valence-corrected chi connectivity index (χ2v) is 10.5. The predicted molar refractivity (Wildman–Crippen MR) is 99.1 cm³/mol. The molecule has 1 amide bonds. The third-order valence-corrected chi connectivity index (χ3v) is 8.35. The maximum Gasteiger partial charge on any atom is 0.244 e. The number of thiophene rings is 1. The molecule has 8 heteroatoms. The number of aryl methyl sites for hydroxylation is 2. The molecule has 1 aromatic rings. The summed E-state index contributed by atoms with van der Waals surface area (Å²) in [5, 5.41) is 0. The van der Waals surface area contributed by atoms with Gasteiger partial charge < -0.3 is 10.6 Å². The largest absolute Gasteiger partial charge is 0.340 e. The quantitative estimate of drug-likeness (QED) is 0.859. The number of nitrogens with zero attached hydrogens (tertiary/aromatic N) is 2. The van der Waals surface area contributed by atoms with Crippen LogP contribution in [0.1, 0.15) is 35.4 Å². The normalized spacial score (nSPS) is 26.0. The number of piperazine rings is 1. The molecule has 3 rings (SSSR count). The molecule has 0 spiro atoms. The van der Waals surface area contributed by atoms with Gasteiger partial charge in [0.15, 0.2) is 0 Å². The summed E-state index contributed by atoms with van der Waals surface area (Å²) in [4.78, 5) is 16.7. The molecular formula is C17H27N3O3S2. The molecule has 2 heterocycles. The van der Waals surface area contributed by atoms with E-state index in [1.54, 1.807) is 6.07 Å². The summed E-state index contributed by atoms with van der Waals surface area (Å²) in [5.41, 5.74) is 5.99. The lowest BCUT2D eigenvalue weighted by Gasteiger charge is -2.37. The van der Waals surface area contributed by atoms with E-state index in [4.69, 9.17) is 5.73 Å². The van der Waals surface area contributed by atoms with Crippen molar-refractivity contribution in [3.63, 3.8) is 0 Å². The Labute approximate surface area is 154 Å². The van der Waals surface area contributed by atoms with E-state index in [1.807, 2.05) is 18.7 Å². The number of carbonyl (C=O) groups is 1. The van der Waals surface area contributed by atoms with E-state index in [1.165, 1.54) is 15.6 Å². The average Bonchev–Trinajstić information content (AvgIpc) is 2.93. The van der Waals surface area contributed by atoms with Gasteiger partial charge in [0, 0.05) is 47.9 Å². The summed E-state index contributed by atoms with van der Waals surface area (Å²) in [6, 6.07) is 1.87. The molecule has 2 unspecified atom stereocenters. The molecule has 1 saturated carbocycles. The highest BCUT2D eigenvalue weighted by Crippen LogP contribution is 2.29. The highest BCUT2D eigenvalue weighted by molar-refractivity contribution is 7.89. The molecule has 1 saturated heterocycles. The first-order valence-electron chi connectivity index (χ1n) is 8.90. The van der Waals surface area contributed by atoms with Gasteiger partial charge in [0.05, 0.1) is 4.90 Å². The molecule has 2 fully saturated rings. The Hall–Kier alpha value is -0.960. The second-order valence-electron chi connectivity index (χ2n) is 7.13. The van der Waals surface area contributed by atoms with Crippen molar-refractivity contribution in [1.82, 2.24) is 9.21 Å². The van der Waals surface area contributed by atoms with E-state index < -0.39 is 10.0 Å². The summed E-state index contributed by atoms with van der Waals surface area (Å²) < 4.78 is 27.2. The zero-order chi connectivity index (χ0) is 18.2. The molecular weight excluding hydrogens is 358 g/mol. The van der Waals surface area contributed by atoms with Crippen molar-refractivity contribution in [2.45, 2.75) is 50.5 Å². The Kier molecular flexibility index (Phi) is 5.53. The third-order valence-electron chi connectivity index (χ3n) is 5.23. The number of hydrogen-bond acceptors (Lipinski definition) is 5. The van der Waals surface area contributed by atoms with Crippen molar-refractivity contribution in [3.8, 4) is 0 Å². The van der Waals surface area contributed by atoms with Crippen molar-refractivity contribution >= 4 is 27.3 Å². The van der Waals surface area contributed by atoms with E-state index >= 15 is 0 Å². The van der Waals surface area contributed by atoms with Crippen molar-refractivity contribution in [1.29, 1.82) is 0 Å². The van der Waals surface area contributed by atoms with Gasteiger partial charge in [-0.05, 0) is 39.2 Å². The van der Waals surface area contributed by atoms with Gasteiger partial charge in [-0.3, -0.25) is 4.79 Å². The van der Waals surface area contributed by atoms with Crippen LogP contribution in [0.4, 0.5) is 0 Å². The lowest BCUT2D eigenvalue weighted by atomic mass is 9.85. The third kappa shape index (κ3) is 3.92. The summed E-state index contributed by atoms with van der Waals surface area (Å²) in [5.74, 6) is 0.156. The highest BCUT2D eigenvalue weighted by atomic mass is 32.2. The molecule has 1 aliphatic carbocycles. The van der Waals surface area contributed by atoms with Crippen LogP contribution >= 0.6 is 11.3 Å². The van der Waals surface area contributed by atoms with Crippen molar-refractivity contribution in [2.24, 2.45) is 11.7 Å². The zero-order valence-electron chi connectivity index (χ0n) is 14.9. The van der Waals surface area contributed by atoms with E-state index in [2.05, 4.69) is 0 Å². The molecule has 6 nitrogen and oxygen atoms in total. The van der Waals surface area contributed by atoms with Crippen LogP contribution in [-0.2, 0) is 14.8 Å². The standard InChI is InChI=1S/C17H27N3O3S2/c1-12-10-16(13(2)24-12)25(22,23)20-8-6-19(7-9-20)17(21)14-4-3-5-15(18)11-14/h10,14-15H,3-9,11,18H2,1-2H3. The lowest BCUT2D eigenvalue weighted by Crippen LogP contribution is -2.52. The first-order chi connectivity index (χ1) is 11.8. The van der Waals surface area contributed by atoms with Crippen LogP contribution in [0.3, 0.4) is 0 Å². The number of sulfonamides is 1. The van der Waals surface area contributed by atoms with Gasteiger partial charge in [-0.2, -0.15) is 4.31 Å². The summed E-state index contributed by atoms with van der Waals surface area (Å²) in [6.45, 7) is 5.42. The molecule has 2 atom stereocenters. The molecule has 0 radical (unpaired) electrons. The fourth-order valence-electron chi connectivity index (χ4n) is 3.86. The Morgan fingerprint density at radius 2 is 1.88 bits per heavy atom. The van der Waals surface area contributed by atoms with Gasteiger partial charge in [0.25, 0.3) is 0 Å². The van der Waals surface area contributed by atoms with Gasteiger partial charge in [0.1, 0.15) is 0 Å². The lowest BCUT2D eigenvalue weighted by molar-refractivity contribution is -0.137. The number of carbonyl (C=O) groups excluding carboxylic acids is 1. The maximum atomic E-state index is 12.9. The molecule has 1 aliphatic heterocycles. The van der Waals surface area contributed by atoms with Crippen molar-refractivity contribution < 1.29 is 13.2 Å². The molecule has 2 aliphatic rings. The minimum absolute atomic E-state index is 0.00803. The van der Waals surface area contributed by atoms with Crippen LogP contribution < -0.4 is 5.73 Å². The van der Waals surface area contributed by atoms with Crippen LogP contribution in [0.15, 0.2) is 11.0 Å². The van der Waals surface area contributed by atoms with Crippen molar-refractivity contribution in [3.05, 3.63) is 15.8 Å². The fraction of sp³-hybridized carbons (Fsp3) is 0.706. The number of nitrogens with two attached hydrogens (primary N) is 1.